The van der Waals surface area contributed by atoms with Gasteiger partial charge in [-0.1, -0.05) is 27.6 Å². The number of anilines is 1. The predicted octanol–water partition coefficient (Wildman–Crippen LogP) is 5.33. The Bertz CT molecular complexity index is 1680. The fourth-order valence-electron chi connectivity index (χ4n) is 6.63. The fourth-order valence-corrected chi connectivity index (χ4v) is 7.53. The Hall–Kier alpha value is -3.63. The van der Waals surface area contributed by atoms with Gasteiger partial charge in [-0.05, 0) is 78.0 Å². The highest BCUT2D eigenvalue weighted by molar-refractivity contribution is 9.12. The molecule has 0 spiro atoms. The van der Waals surface area contributed by atoms with Gasteiger partial charge in [-0.15, -0.1) is 0 Å². The number of allylic oxidation sites excluding steroid dienone is 6. The van der Waals surface area contributed by atoms with E-state index in [1.165, 1.54) is 20.1 Å². The second-order valence-corrected chi connectivity index (χ2v) is 12.3. The topological polar surface area (TPSA) is 118 Å². The Balaban J connectivity index is 1.49. The summed E-state index contributed by atoms with van der Waals surface area (Å²) in [4.78, 5) is 67.4. The van der Waals surface area contributed by atoms with E-state index in [9.17, 15) is 29.1 Å². The van der Waals surface area contributed by atoms with Gasteiger partial charge in [0.25, 0.3) is 0 Å². The van der Waals surface area contributed by atoms with E-state index < -0.39 is 29.6 Å². The first-order valence-corrected chi connectivity index (χ1v) is 14.6. The molecule has 4 aliphatic rings. The molecule has 1 N–H and O–H groups in total. The molecule has 1 aliphatic heterocycles. The Morgan fingerprint density at radius 3 is 2.39 bits per heavy atom. The van der Waals surface area contributed by atoms with E-state index in [0.29, 0.717) is 26.9 Å². The number of fused-ring (bicyclic) bond motifs is 3. The SMILES string of the molecule is COc1cc(Br)cc(C2C3=CCC4C(=O)N(c5ccc(C(C)=O)cc5)C(=O)C4C3CC3=C2C(=O)C=C(Br)C3=O)c1O. The molecule has 0 saturated carbocycles. The highest BCUT2D eigenvalue weighted by Crippen LogP contribution is 2.57. The van der Waals surface area contributed by atoms with Crippen LogP contribution in [0.2, 0.25) is 0 Å². The summed E-state index contributed by atoms with van der Waals surface area (Å²) in [6, 6.07) is 9.60. The second-order valence-electron chi connectivity index (χ2n) is 10.6. The number of imide groups is 1. The summed E-state index contributed by atoms with van der Waals surface area (Å²) < 4.78 is 6.09. The average molecular weight is 681 g/mol. The van der Waals surface area contributed by atoms with Gasteiger partial charge >= 0.3 is 0 Å². The molecule has 8 nitrogen and oxygen atoms in total. The van der Waals surface area contributed by atoms with Crippen LogP contribution in [-0.4, -0.2) is 41.4 Å². The van der Waals surface area contributed by atoms with E-state index in [4.69, 9.17) is 4.74 Å². The molecule has 2 aromatic rings. The third-order valence-electron chi connectivity index (χ3n) is 8.46. The lowest BCUT2D eigenvalue weighted by atomic mass is 9.59. The van der Waals surface area contributed by atoms with Crippen molar-refractivity contribution in [2.75, 3.05) is 12.0 Å². The van der Waals surface area contributed by atoms with Crippen LogP contribution in [-0.2, 0) is 19.2 Å². The number of benzene rings is 2. The number of halogens is 2. The van der Waals surface area contributed by atoms with Gasteiger partial charge in [-0.2, -0.15) is 0 Å². The van der Waals surface area contributed by atoms with Crippen molar-refractivity contribution in [2.45, 2.75) is 25.7 Å². The molecule has 0 radical (unpaired) electrons. The Morgan fingerprint density at radius 1 is 1.02 bits per heavy atom. The zero-order valence-electron chi connectivity index (χ0n) is 21.9. The monoisotopic (exact) mass is 679 g/mol. The molecular weight excluding hydrogens is 658 g/mol. The van der Waals surface area contributed by atoms with Crippen molar-refractivity contribution < 1.29 is 33.8 Å². The minimum atomic E-state index is -0.823. The van der Waals surface area contributed by atoms with Crippen molar-refractivity contribution in [2.24, 2.45) is 17.8 Å². The number of methoxy groups -OCH3 is 1. The molecular formula is C31H23Br2NO7. The molecule has 10 heteroatoms. The number of nitrogens with zero attached hydrogens (tertiary/aromatic N) is 1. The van der Waals surface area contributed by atoms with Crippen molar-refractivity contribution in [1.82, 2.24) is 0 Å². The Labute approximate surface area is 252 Å². The smallest absolute Gasteiger partial charge is 0.238 e. The third kappa shape index (κ3) is 4.18. The summed E-state index contributed by atoms with van der Waals surface area (Å²) in [6.07, 6.45) is 3.49. The molecule has 0 aromatic heterocycles. The molecule has 208 valence electrons. The number of phenols is 1. The number of rotatable bonds is 4. The quantitative estimate of drug-likeness (QED) is 0.201. The van der Waals surface area contributed by atoms with Crippen LogP contribution in [0.3, 0.4) is 0 Å². The first-order chi connectivity index (χ1) is 19.5. The second kappa shape index (κ2) is 10.0. The van der Waals surface area contributed by atoms with Crippen LogP contribution < -0.4 is 9.64 Å². The number of Topliss-reactive ketones (excluding diaryl/α,β-unsaturated/α-hetero) is 2. The van der Waals surface area contributed by atoms with Crippen molar-refractivity contribution in [3.63, 3.8) is 0 Å². The zero-order valence-corrected chi connectivity index (χ0v) is 25.1. The lowest BCUT2D eigenvalue weighted by Crippen LogP contribution is -2.39. The van der Waals surface area contributed by atoms with Crippen molar-refractivity contribution in [1.29, 1.82) is 0 Å². The van der Waals surface area contributed by atoms with Gasteiger partial charge < -0.3 is 9.84 Å². The minimum absolute atomic E-state index is 0.106. The minimum Gasteiger partial charge on any atom is -0.504 e. The molecule has 2 amide bonds. The maximum absolute atomic E-state index is 14.0. The van der Waals surface area contributed by atoms with Crippen LogP contribution in [0, 0.1) is 17.8 Å². The summed E-state index contributed by atoms with van der Waals surface area (Å²) in [5.74, 6) is -4.38. The summed E-state index contributed by atoms with van der Waals surface area (Å²) in [6.45, 7) is 1.44. The van der Waals surface area contributed by atoms with E-state index >= 15 is 0 Å². The molecule has 41 heavy (non-hydrogen) atoms. The number of hydrogen-bond donors (Lipinski definition) is 1. The number of amides is 2. The van der Waals surface area contributed by atoms with Crippen molar-refractivity contribution in [3.8, 4) is 11.5 Å². The number of aromatic hydroxyl groups is 1. The maximum Gasteiger partial charge on any atom is 0.238 e. The van der Waals surface area contributed by atoms with Crippen LogP contribution in [0.15, 0.2) is 74.2 Å². The number of hydrogen-bond acceptors (Lipinski definition) is 7. The maximum atomic E-state index is 14.0. The van der Waals surface area contributed by atoms with Gasteiger partial charge in [0.2, 0.25) is 11.8 Å². The molecule has 1 saturated heterocycles. The van der Waals surface area contributed by atoms with Gasteiger partial charge in [-0.3, -0.25) is 28.9 Å². The normalized spacial score (nSPS) is 25.4. The number of phenolic OH excluding ortho intramolecular Hbond substituents is 1. The third-order valence-corrected chi connectivity index (χ3v) is 9.51. The molecule has 0 bridgehead atoms. The lowest BCUT2D eigenvalue weighted by Gasteiger charge is -2.42. The summed E-state index contributed by atoms with van der Waals surface area (Å²) in [7, 11) is 1.42. The highest BCUT2D eigenvalue weighted by Gasteiger charge is 2.57. The summed E-state index contributed by atoms with van der Waals surface area (Å²) in [5, 5.41) is 11.2. The lowest BCUT2D eigenvalue weighted by molar-refractivity contribution is -0.123. The van der Waals surface area contributed by atoms with Gasteiger partial charge in [0.1, 0.15) is 0 Å². The van der Waals surface area contributed by atoms with Crippen LogP contribution in [0.25, 0.3) is 0 Å². The zero-order chi connectivity index (χ0) is 29.3. The van der Waals surface area contributed by atoms with E-state index in [1.807, 2.05) is 6.08 Å². The largest absolute Gasteiger partial charge is 0.504 e. The predicted molar refractivity (Wildman–Crippen MR) is 156 cm³/mol. The Morgan fingerprint density at radius 2 is 1.73 bits per heavy atom. The first kappa shape index (κ1) is 27.5. The van der Waals surface area contributed by atoms with Crippen LogP contribution in [0.5, 0.6) is 11.5 Å². The van der Waals surface area contributed by atoms with E-state index in [-0.39, 0.29) is 63.2 Å². The molecule has 1 heterocycles. The van der Waals surface area contributed by atoms with Crippen LogP contribution in [0.4, 0.5) is 5.69 Å². The van der Waals surface area contributed by atoms with Gasteiger partial charge in [0, 0.05) is 38.7 Å². The van der Waals surface area contributed by atoms with Gasteiger partial charge in [0.05, 0.1) is 29.1 Å². The molecule has 4 unspecified atom stereocenters. The fraction of sp³-hybridized carbons (Fsp3) is 0.258. The van der Waals surface area contributed by atoms with Gasteiger partial charge in [0.15, 0.2) is 28.8 Å². The molecule has 4 atom stereocenters. The summed E-state index contributed by atoms with van der Waals surface area (Å²) >= 11 is 6.67. The van der Waals surface area contributed by atoms with E-state index in [2.05, 4.69) is 31.9 Å². The molecule has 2 aromatic carbocycles. The first-order valence-electron chi connectivity index (χ1n) is 13.0. The van der Waals surface area contributed by atoms with Gasteiger partial charge in [-0.25, -0.2) is 0 Å². The molecule has 1 fully saturated rings. The van der Waals surface area contributed by atoms with Crippen molar-refractivity contribution >= 4 is 66.7 Å². The number of ether oxygens (including phenoxy) is 1. The van der Waals surface area contributed by atoms with Crippen LogP contribution >= 0.6 is 31.9 Å². The van der Waals surface area contributed by atoms with E-state index in [1.54, 1.807) is 36.4 Å². The Kier molecular flexibility index (Phi) is 6.73. The molecule has 6 rings (SSSR count). The molecule has 3 aliphatic carbocycles. The summed E-state index contributed by atoms with van der Waals surface area (Å²) in [5.41, 5.74) is 2.43. The number of ketones is 3. The average Bonchev–Trinajstić information content (AvgIpc) is 3.21. The highest BCUT2D eigenvalue weighted by atomic mass is 79.9. The van der Waals surface area contributed by atoms with Crippen molar-refractivity contribution in [3.05, 3.63) is 85.4 Å². The van der Waals surface area contributed by atoms with E-state index in [0.717, 1.165) is 4.90 Å². The van der Waals surface area contributed by atoms with Crippen LogP contribution in [0.1, 0.15) is 41.6 Å². The standard InChI is InChI=1S/C31H23Br2NO7/c1-13(35)14-3-5-16(6-4-14)34-30(39)18-8-7-17-19(26(18)31(34)40)11-21-27(23(36)12-22(33)28(21)37)25(17)20-9-15(32)10-24(41-2)29(20)38/h3-7,9-10,12,18-19,25-26,38H,8,11H2,1-2H3. The number of carbonyl (C=O) groups excluding carboxylic acids is 5. The number of carbonyl (C=O) groups is 5.